The van der Waals surface area contributed by atoms with Gasteiger partial charge in [0.05, 0.1) is 25.4 Å². The van der Waals surface area contributed by atoms with Crippen LogP contribution >= 0.6 is 0 Å². The zero-order valence-corrected chi connectivity index (χ0v) is 54.3. The van der Waals surface area contributed by atoms with Gasteiger partial charge in [-0.2, -0.15) is 0 Å². The first-order valence-electron chi connectivity index (χ1n) is 36.6. The molecule has 0 aliphatic rings. The van der Waals surface area contributed by atoms with E-state index in [4.69, 9.17) is 4.74 Å². The van der Waals surface area contributed by atoms with Gasteiger partial charge in [0.2, 0.25) is 5.91 Å². The van der Waals surface area contributed by atoms with E-state index in [0.717, 1.165) is 38.5 Å². The topological polar surface area (TPSA) is 95.9 Å². The van der Waals surface area contributed by atoms with E-state index in [2.05, 4.69) is 31.3 Å². The highest BCUT2D eigenvalue weighted by atomic mass is 16.5. The Bertz CT molecular complexity index is 1250. The van der Waals surface area contributed by atoms with E-state index in [1.165, 1.54) is 347 Å². The van der Waals surface area contributed by atoms with Crippen molar-refractivity contribution >= 4 is 11.9 Å². The van der Waals surface area contributed by atoms with E-state index < -0.39 is 12.1 Å². The number of unbranched alkanes of at least 4 members (excludes halogenated alkanes) is 56. The minimum absolute atomic E-state index is 0.0203. The Labute approximate surface area is 501 Å². The van der Waals surface area contributed by atoms with Gasteiger partial charge in [0.1, 0.15) is 0 Å². The van der Waals surface area contributed by atoms with Crippen LogP contribution in [-0.2, 0) is 14.3 Å². The monoisotopic (exact) mass is 1130 g/mol. The van der Waals surface area contributed by atoms with E-state index in [-0.39, 0.29) is 18.5 Å². The fourth-order valence-electron chi connectivity index (χ4n) is 11.6. The van der Waals surface area contributed by atoms with Gasteiger partial charge in [-0.25, -0.2) is 0 Å². The number of amides is 1. The van der Waals surface area contributed by atoms with Gasteiger partial charge < -0.3 is 20.3 Å². The summed E-state index contributed by atoms with van der Waals surface area (Å²) in [4.78, 5) is 24.6. The summed E-state index contributed by atoms with van der Waals surface area (Å²) < 4.78 is 5.51. The summed E-state index contributed by atoms with van der Waals surface area (Å²) >= 11 is 0. The number of hydrogen-bond acceptors (Lipinski definition) is 5. The molecule has 6 nitrogen and oxygen atoms in total. The van der Waals surface area contributed by atoms with Crippen molar-refractivity contribution < 1.29 is 24.5 Å². The normalized spacial score (nSPS) is 12.6. The number of rotatable bonds is 69. The molecular formula is C74H143NO5. The second-order valence-corrected chi connectivity index (χ2v) is 25.3. The molecule has 3 N–H and O–H groups in total. The minimum Gasteiger partial charge on any atom is -0.466 e. The number of nitrogens with one attached hydrogen (secondary N) is 1. The van der Waals surface area contributed by atoms with Crippen molar-refractivity contribution in [2.45, 2.75) is 424 Å². The molecule has 0 aliphatic heterocycles. The van der Waals surface area contributed by atoms with E-state index in [1.54, 1.807) is 6.08 Å². The summed E-state index contributed by atoms with van der Waals surface area (Å²) in [6.07, 6.45) is 88.4. The maximum atomic E-state index is 12.5. The van der Waals surface area contributed by atoms with Gasteiger partial charge in [-0.1, -0.05) is 366 Å². The predicted octanol–water partition coefficient (Wildman–Crippen LogP) is 23.7. The van der Waals surface area contributed by atoms with Gasteiger partial charge in [-0.3, -0.25) is 9.59 Å². The van der Waals surface area contributed by atoms with Gasteiger partial charge in [-0.15, -0.1) is 0 Å². The highest BCUT2D eigenvalue weighted by Gasteiger charge is 2.18. The number of hydrogen-bond donors (Lipinski definition) is 3. The van der Waals surface area contributed by atoms with Crippen LogP contribution in [0.3, 0.4) is 0 Å². The quantitative estimate of drug-likeness (QED) is 0.0320. The third-order valence-corrected chi connectivity index (χ3v) is 17.2. The molecule has 2 atom stereocenters. The predicted molar refractivity (Wildman–Crippen MR) is 352 cm³/mol. The van der Waals surface area contributed by atoms with Crippen molar-refractivity contribution in [3.63, 3.8) is 0 Å². The lowest BCUT2D eigenvalue weighted by Gasteiger charge is -2.20. The van der Waals surface area contributed by atoms with Crippen molar-refractivity contribution in [1.82, 2.24) is 5.32 Å². The van der Waals surface area contributed by atoms with Crippen LogP contribution < -0.4 is 5.32 Å². The number of aliphatic hydroxyl groups is 2. The van der Waals surface area contributed by atoms with Crippen LogP contribution in [-0.4, -0.2) is 47.4 Å². The van der Waals surface area contributed by atoms with Crippen LogP contribution in [0.4, 0.5) is 0 Å². The van der Waals surface area contributed by atoms with E-state index >= 15 is 0 Å². The second-order valence-electron chi connectivity index (χ2n) is 25.3. The maximum absolute atomic E-state index is 12.5. The Kier molecular flexibility index (Phi) is 68.4. The summed E-state index contributed by atoms with van der Waals surface area (Å²) in [6, 6.07) is -0.628. The molecule has 0 aromatic rings. The Morgan fingerprint density at radius 1 is 0.338 bits per heavy atom. The lowest BCUT2D eigenvalue weighted by Crippen LogP contribution is -2.45. The average Bonchev–Trinajstić information content (AvgIpc) is 3.46. The number of allylic oxidation sites excluding steroid dienone is 3. The summed E-state index contributed by atoms with van der Waals surface area (Å²) in [5.74, 6) is -0.0441. The van der Waals surface area contributed by atoms with Crippen molar-refractivity contribution in [2.24, 2.45) is 0 Å². The van der Waals surface area contributed by atoms with Crippen LogP contribution in [0.2, 0.25) is 0 Å². The molecule has 2 unspecified atom stereocenters. The molecule has 474 valence electrons. The summed E-state index contributed by atoms with van der Waals surface area (Å²) in [6.45, 7) is 4.95. The lowest BCUT2D eigenvalue weighted by atomic mass is 10.0. The largest absolute Gasteiger partial charge is 0.466 e. The molecule has 80 heavy (non-hydrogen) atoms. The van der Waals surface area contributed by atoms with Crippen LogP contribution in [0.15, 0.2) is 24.3 Å². The van der Waals surface area contributed by atoms with Crippen molar-refractivity contribution in [3.8, 4) is 0 Å². The van der Waals surface area contributed by atoms with Crippen molar-refractivity contribution in [1.29, 1.82) is 0 Å². The van der Waals surface area contributed by atoms with E-state index in [1.807, 2.05) is 6.08 Å². The highest BCUT2D eigenvalue weighted by Crippen LogP contribution is 2.19. The molecule has 0 aromatic heterocycles. The van der Waals surface area contributed by atoms with Crippen LogP contribution in [0.1, 0.15) is 412 Å². The van der Waals surface area contributed by atoms with Crippen LogP contribution in [0.5, 0.6) is 0 Å². The molecule has 0 rings (SSSR count). The fraction of sp³-hybridized carbons (Fsp3) is 0.919. The SMILES string of the molecule is CCCCCCCCCCCCCCCCCC/C=C/C(O)C(CO)NC(=O)CCCCCCCCCCCCCC/C=C\CCCCCCCCCCCCCCOC(=O)CCCCCCCCCCCCCCCCCCC. The number of carbonyl (C=O) groups is 2. The molecule has 0 saturated heterocycles. The molecule has 0 fully saturated rings. The van der Waals surface area contributed by atoms with Crippen LogP contribution in [0, 0.1) is 0 Å². The van der Waals surface area contributed by atoms with Gasteiger partial charge >= 0.3 is 5.97 Å². The molecule has 0 spiro atoms. The Morgan fingerprint density at radius 3 is 0.887 bits per heavy atom. The third kappa shape index (κ3) is 65.5. The molecule has 1 amide bonds. The van der Waals surface area contributed by atoms with E-state index in [0.29, 0.717) is 19.4 Å². The lowest BCUT2D eigenvalue weighted by molar-refractivity contribution is -0.143. The second kappa shape index (κ2) is 69.8. The Balaban J connectivity index is 3.38. The molecule has 0 heterocycles. The van der Waals surface area contributed by atoms with Crippen molar-refractivity contribution in [2.75, 3.05) is 13.2 Å². The zero-order valence-electron chi connectivity index (χ0n) is 54.3. The van der Waals surface area contributed by atoms with Gasteiger partial charge in [0.15, 0.2) is 0 Å². The van der Waals surface area contributed by atoms with Gasteiger partial charge in [-0.05, 0) is 57.8 Å². The molecular weight excluding hydrogens is 983 g/mol. The Morgan fingerprint density at radius 2 is 0.588 bits per heavy atom. The maximum Gasteiger partial charge on any atom is 0.305 e. The van der Waals surface area contributed by atoms with E-state index in [9.17, 15) is 19.8 Å². The van der Waals surface area contributed by atoms with Crippen molar-refractivity contribution in [3.05, 3.63) is 24.3 Å². The first-order chi connectivity index (χ1) is 39.5. The average molecular weight is 1130 g/mol. The fourth-order valence-corrected chi connectivity index (χ4v) is 11.6. The van der Waals surface area contributed by atoms with Gasteiger partial charge in [0, 0.05) is 12.8 Å². The summed E-state index contributed by atoms with van der Waals surface area (Å²) in [5, 5.41) is 23.2. The summed E-state index contributed by atoms with van der Waals surface area (Å²) in [7, 11) is 0. The van der Waals surface area contributed by atoms with Crippen LogP contribution in [0.25, 0.3) is 0 Å². The molecule has 0 saturated carbocycles. The van der Waals surface area contributed by atoms with Gasteiger partial charge in [0.25, 0.3) is 0 Å². The minimum atomic E-state index is -0.845. The molecule has 0 aromatic carbocycles. The number of ether oxygens (including phenoxy) is 1. The molecule has 0 aliphatic carbocycles. The first kappa shape index (κ1) is 78.3. The Hall–Kier alpha value is -1.66. The number of esters is 1. The first-order valence-corrected chi connectivity index (χ1v) is 36.6. The summed E-state index contributed by atoms with van der Waals surface area (Å²) in [5.41, 5.74) is 0. The molecule has 0 bridgehead atoms. The smallest absolute Gasteiger partial charge is 0.305 e. The number of aliphatic hydroxyl groups excluding tert-OH is 2. The third-order valence-electron chi connectivity index (χ3n) is 17.2. The highest BCUT2D eigenvalue weighted by molar-refractivity contribution is 5.76. The molecule has 0 radical (unpaired) electrons. The number of carbonyl (C=O) groups excluding carboxylic acids is 2. The molecule has 6 heteroatoms. The zero-order chi connectivity index (χ0) is 57.8. The standard InChI is InChI=1S/C74H143NO5/c1-3-5-7-9-11-13-15-17-19-21-35-38-42-46-50-54-58-62-66-72(77)71(70-76)75-73(78)67-63-59-55-51-47-43-39-36-32-30-28-26-24-22-23-25-27-29-31-33-37-41-45-49-53-57-61-65-69-80-74(79)68-64-60-56-52-48-44-40-34-20-18-16-14-12-10-8-6-4-2/h22-23,62,66,71-72,76-77H,3-21,24-61,63-65,67-70H2,1-2H3,(H,75,78)/b23-22-,66-62+.